The first-order valence-electron chi connectivity index (χ1n) is 7.28. The molecule has 2 rings (SSSR count). The zero-order valence-corrected chi connectivity index (χ0v) is 13.3. The van der Waals surface area contributed by atoms with Gasteiger partial charge in [0.25, 0.3) is 0 Å². The van der Waals surface area contributed by atoms with Crippen LogP contribution in [0.4, 0.5) is 5.69 Å². The van der Waals surface area contributed by atoms with Crippen molar-refractivity contribution in [2.75, 3.05) is 25.5 Å². The van der Waals surface area contributed by atoms with Crippen LogP contribution in [0.2, 0.25) is 0 Å². The monoisotopic (exact) mass is 310 g/mol. The van der Waals surface area contributed by atoms with E-state index in [4.69, 9.17) is 4.74 Å². The molecule has 0 radical (unpaired) electrons. The van der Waals surface area contributed by atoms with E-state index in [0.717, 1.165) is 13.1 Å². The molecule has 0 saturated carbocycles. The summed E-state index contributed by atoms with van der Waals surface area (Å²) in [7, 11) is 1.34. The molecule has 1 aromatic rings. The second-order valence-corrected chi connectivity index (χ2v) is 6.41. The molecule has 6 heteroatoms. The number of rotatable bonds is 5. The summed E-state index contributed by atoms with van der Waals surface area (Å²) in [6, 6.07) is 1.74. The third kappa shape index (κ3) is 4.28. The van der Waals surface area contributed by atoms with E-state index in [1.165, 1.54) is 31.3 Å². The van der Waals surface area contributed by atoms with Gasteiger partial charge in [-0.2, -0.15) is 0 Å². The molecule has 1 fully saturated rings. The maximum absolute atomic E-state index is 12.1. The van der Waals surface area contributed by atoms with Gasteiger partial charge in [-0.15, -0.1) is 11.3 Å². The molecule has 0 spiro atoms. The maximum atomic E-state index is 12.1. The molecule has 2 heterocycles. The first kappa shape index (κ1) is 16.0. The number of methoxy groups -OCH3 is 1. The van der Waals surface area contributed by atoms with Crippen molar-refractivity contribution in [3.63, 3.8) is 0 Å². The average molecular weight is 310 g/mol. The molecule has 0 aromatic carbocycles. The fraction of sp³-hybridized carbons (Fsp3) is 0.600. The Labute approximate surface area is 129 Å². The van der Waals surface area contributed by atoms with Gasteiger partial charge in [0.05, 0.1) is 12.8 Å². The molecule has 116 valence electrons. The average Bonchev–Trinajstić information content (AvgIpc) is 2.95. The number of thiophene rings is 1. The first-order valence-corrected chi connectivity index (χ1v) is 8.16. The Morgan fingerprint density at radius 1 is 1.57 bits per heavy atom. The van der Waals surface area contributed by atoms with Gasteiger partial charge in [0, 0.05) is 6.42 Å². The molecular formula is C15H22N2O3S. The van der Waals surface area contributed by atoms with Crippen LogP contribution in [-0.2, 0) is 9.53 Å². The number of ether oxygens (including phenoxy) is 1. The smallest absolute Gasteiger partial charge is 0.350 e. The van der Waals surface area contributed by atoms with Gasteiger partial charge in [0.15, 0.2) is 0 Å². The maximum Gasteiger partial charge on any atom is 0.350 e. The lowest BCUT2D eigenvalue weighted by Crippen LogP contribution is -2.34. The second kappa shape index (κ2) is 7.56. The number of amides is 1. The van der Waals surface area contributed by atoms with E-state index in [-0.39, 0.29) is 5.91 Å². The molecule has 0 aliphatic carbocycles. The molecule has 1 aromatic heterocycles. The van der Waals surface area contributed by atoms with Crippen LogP contribution in [0.3, 0.4) is 0 Å². The molecule has 5 nitrogen and oxygen atoms in total. The Balaban J connectivity index is 1.89. The highest BCUT2D eigenvalue weighted by molar-refractivity contribution is 7.12. The summed E-state index contributed by atoms with van der Waals surface area (Å²) >= 11 is 1.27. The van der Waals surface area contributed by atoms with Gasteiger partial charge in [-0.3, -0.25) is 4.79 Å². The number of esters is 1. The largest absolute Gasteiger partial charge is 0.465 e. The minimum atomic E-state index is -0.412. The van der Waals surface area contributed by atoms with Gasteiger partial charge >= 0.3 is 5.97 Å². The lowest BCUT2D eigenvalue weighted by atomic mass is 9.85. The Morgan fingerprint density at radius 2 is 2.38 bits per heavy atom. The number of hydrogen-bond donors (Lipinski definition) is 2. The van der Waals surface area contributed by atoms with E-state index in [1.54, 1.807) is 11.4 Å². The SMILES string of the molecule is COC(=O)c1sccc1NC(=O)CC(C)C1CCCNC1. The van der Waals surface area contributed by atoms with Gasteiger partial charge in [0.1, 0.15) is 4.88 Å². The van der Waals surface area contributed by atoms with Crippen LogP contribution in [0.5, 0.6) is 0 Å². The van der Waals surface area contributed by atoms with Crippen LogP contribution in [0.25, 0.3) is 0 Å². The standard InChI is InChI=1S/C15H22N2O3S/c1-10(11-4-3-6-16-9-11)8-13(18)17-12-5-7-21-14(12)15(19)20-2/h5,7,10-11,16H,3-4,6,8-9H2,1-2H3,(H,17,18). The predicted octanol–water partition coefficient (Wildman–Crippen LogP) is 2.50. The van der Waals surface area contributed by atoms with Crippen molar-refractivity contribution >= 4 is 28.9 Å². The van der Waals surface area contributed by atoms with E-state index < -0.39 is 5.97 Å². The van der Waals surface area contributed by atoms with Gasteiger partial charge in [-0.05, 0) is 49.2 Å². The van der Waals surface area contributed by atoms with E-state index in [0.29, 0.717) is 28.8 Å². The van der Waals surface area contributed by atoms with Crippen molar-refractivity contribution in [1.82, 2.24) is 5.32 Å². The molecular weight excluding hydrogens is 288 g/mol. The number of carbonyl (C=O) groups excluding carboxylic acids is 2. The van der Waals surface area contributed by atoms with Crippen molar-refractivity contribution in [1.29, 1.82) is 0 Å². The van der Waals surface area contributed by atoms with Crippen molar-refractivity contribution in [3.8, 4) is 0 Å². The summed E-state index contributed by atoms with van der Waals surface area (Å²) in [5.74, 6) is 0.423. The summed E-state index contributed by atoms with van der Waals surface area (Å²) in [4.78, 5) is 24.2. The summed E-state index contributed by atoms with van der Waals surface area (Å²) < 4.78 is 4.71. The lowest BCUT2D eigenvalue weighted by Gasteiger charge is -2.28. The Bertz CT molecular complexity index is 495. The topological polar surface area (TPSA) is 67.4 Å². The zero-order chi connectivity index (χ0) is 15.2. The second-order valence-electron chi connectivity index (χ2n) is 5.49. The van der Waals surface area contributed by atoms with Crippen LogP contribution >= 0.6 is 11.3 Å². The van der Waals surface area contributed by atoms with Crippen LogP contribution in [0.15, 0.2) is 11.4 Å². The Hall–Kier alpha value is -1.40. The van der Waals surface area contributed by atoms with E-state index in [2.05, 4.69) is 17.6 Å². The Morgan fingerprint density at radius 3 is 3.05 bits per heavy atom. The van der Waals surface area contributed by atoms with E-state index in [9.17, 15) is 9.59 Å². The van der Waals surface area contributed by atoms with Crippen molar-refractivity contribution in [2.45, 2.75) is 26.2 Å². The first-order chi connectivity index (χ1) is 10.1. The highest BCUT2D eigenvalue weighted by Crippen LogP contribution is 2.26. The van der Waals surface area contributed by atoms with Crippen molar-refractivity contribution in [2.24, 2.45) is 11.8 Å². The molecule has 2 unspecified atom stereocenters. The Kier molecular flexibility index (Phi) is 5.76. The van der Waals surface area contributed by atoms with Crippen LogP contribution in [0, 0.1) is 11.8 Å². The lowest BCUT2D eigenvalue weighted by molar-refractivity contribution is -0.117. The fourth-order valence-electron chi connectivity index (χ4n) is 2.68. The molecule has 2 N–H and O–H groups in total. The van der Waals surface area contributed by atoms with E-state index in [1.807, 2.05) is 0 Å². The number of hydrogen-bond acceptors (Lipinski definition) is 5. The zero-order valence-electron chi connectivity index (χ0n) is 12.5. The quantitative estimate of drug-likeness (QED) is 0.820. The molecule has 21 heavy (non-hydrogen) atoms. The fourth-order valence-corrected chi connectivity index (χ4v) is 3.45. The van der Waals surface area contributed by atoms with Gasteiger partial charge < -0.3 is 15.4 Å². The third-order valence-electron chi connectivity index (χ3n) is 3.96. The van der Waals surface area contributed by atoms with Crippen LogP contribution in [-0.4, -0.2) is 32.1 Å². The molecule has 0 bridgehead atoms. The highest BCUT2D eigenvalue weighted by Gasteiger charge is 2.23. The molecule has 1 saturated heterocycles. The molecule has 1 amide bonds. The third-order valence-corrected chi connectivity index (χ3v) is 4.85. The summed E-state index contributed by atoms with van der Waals surface area (Å²) in [6.07, 6.45) is 2.82. The minimum Gasteiger partial charge on any atom is -0.465 e. The van der Waals surface area contributed by atoms with Crippen LogP contribution < -0.4 is 10.6 Å². The van der Waals surface area contributed by atoms with Crippen molar-refractivity contribution < 1.29 is 14.3 Å². The van der Waals surface area contributed by atoms with Crippen LogP contribution in [0.1, 0.15) is 35.9 Å². The van der Waals surface area contributed by atoms with Gasteiger partial charge in [0.2, 0.25) is 5.91 Å². The number of carbonyl (C=O) groups is 2. The van der Waals surface area contributed by atoms with Gasteiger partial charge in [-0.25, -0.2) is 4.79 Å². The van der Waals surface area contributed by atoms with Crippen molar-refractivity contribution in [3.05, 3.63) is 16.3 Å². The normalized spacial score (nSPS) is 19.8. The number of piperidine rings is 1. The number of anilines is 1. The summed E-state index contributed by atoms with van der Waals surface area (Å²) in [5, 5.41) is 7.98. The molecule has 1 aliphatic heterocycles. The van der Waals surface area contributed by atoms with Gasteiger partial charge in [-0.1, -0.05) is 6.92 Å². The molecule has 1 aliphatic rings. The summed E-state index contributed by atoms with van der Waals surface area (Å²) in [6.45, 7) is 4.18. The van der Waals surface area contributed by atoms with E-state index >= 15 is 0 Å². The molecule has 2 atom stereocenters. The number of nitrogens with one attached hydrogen (secondary N) is 2. The summed E-state index contributed by atoms with van der Waals surface area (Å²) in [5.41, 5.74) is 0.547. The minimum absolute atomic E-state index is 0.0448. The highest BCUT2D eigenvalue weighted by atomic mass is 32.1. The predicted molar refractivity (Wildman–Crippen MR) is 83.7 cm³/mol.